The van der Waals surface area contributed by atoms with Crippen molar-refractivity contribution in [3.8, 4) is 0 Å². The van der Waals surface area contributed by atoms with Crippen molar-refractivity contribution in [3.05, 3.63) is 35.6 Å². The number of nitrogens with one attached hydrogen (secondary N) is 1. The quantitative estimate of drug-likeness (QED) is 0.784. The zero-order valence-corrected chi connectivity index (χ0v) is 15.9. The molecule has 1 atom stereocenters. The third-order valence-corrected chi connectivity index (χ3v) is 4.29. The number of benzene rings is 1. The molecule has 144 valence electrons. The van der Waals surface area contributed by atoms with E-state index in [1.54, 1.807) is 12.1 Å². The lowest BCUT2D eigenvalue weighted by atomic mass is 10.1. The van der Waals surface area contributed by atoms with E-state index in [4.69, 9.17) is 4.74 Å². The number of hydrogen-bond donors (Lipinski definition) is 1. The molecule has 2 amide bonds. The normalized spacial score (nSPS) is 17.2. The minimum atomic E-state index is -0.568. The van der Waals surface area contributed by atoms with E-state index in [1.165, 1.54) is 17.0 Å². The van der Waals surface area contributed by atoms with Crippen LogP contribution in [0, 0.1) is 5.82 Å². The molecule has 0 radical (unpaired) electrons. The number of carbonyl (C=O) groups excluding carboxylic acids is 2. The Kier molecular flexibility index (Phi) is 7.00. The van der Waals surface area contributed by atoms with Crippen LogP contribution in [0.25, 0.3) is 0 Å². The van der Waals surface area contributed by atoms with Crippen LogP contribution < -0.4 is 5.32 Å². The molecule has 0 spiro atoms. The van der Waals surface area contributed by atoms with Gasteiger partial charge in [0, 0.05) is 13.1 Å². The maximum atomic E-state index is 12.9. The molecule has 6 heteroatoms. The molecule has 1 aromatic rings. The number of rotatable bonds is 6. The van der Waals surface area contributed by atoms with Crippen LogP contribution in [-0.4, -0.2) is 41.6 Å². The second-order valence-corrected chi connectivity index (χ2v) is 7.71. The summed E-state index contributed by atoms with van der Waals surface area (Å²) in [7, 11) is 0. The smallest absolute Gasteiger partial charge is 0.410 e. The summed E-state index contributed by atoms with van der Waals surface area (Å²) in [5.41, 5.74) is 0.519. The fourth-order valence-corrected chi connectivity index (χ4v) is 3.01. The van der Waals surface area contributed by atoms with E-state index >= 15 is 0 Å². The largest absolute Gasteiger partial charge is 0.444 e. The minimum Gasteiger partial charge on any atom is -0.444 e. The molecule has 1 aliphatic rings. The van der Waals surface area contributed by atoms with E-state index in [-0.39, 0.29) is 11.7 Å². The maximum absolute atomic E-state index is 12.9. The summed E-state index contributed by atoms with van der Waals surface area (Å²) in [6.45, 7) is 6.57. The summed E-state index contributed by atoms with van der Waals surface area (Å²) in [5, 5.41) is 2.92. The highest BCUT2D eigenvalue weighted by Gasteiger charge is 2.36. The van der Waals surface area contributed by atoms with Crippen molar-refractivity contribution in [3.63, 3.8) is 0 Å². The van der Waals surface area contributed by atoms with Crippen LogP contribution in [0.5, 0.6) is 0 Å². The number of halogens is 1. The lowest BCUT2D eigenvalue weighted by Gasteiger charge is -2.28. The Morgan fingerprint density at radius 2 is 1.92 bits per heavy atom. The number of ether oxygens (including phenoxy) is 1. The molecule has 1 N–H and O–H groups in total. The summed E-state index contributed by atoms with van der Waals surface area (Å²) < 4.78 is 18.2. The highest BCUT2D eigenvalue weighted by Crippen LogP contribution is 2.21. The molecule has 26 heavy (non-hydrogen) atoms. The number of carbonyl (C=O) groups is 2. The number of unbranched alkanes of at least 4 members (excludes halogenated alkanes) is 1. The van der Waals surface area contributed by atoms with E-state index in [9.17, 15) is 14.0 Å². The molecule has 1 saturated heterocycles. The predicted molar refractivity (Wildman–Crippen MR) is 98.3 cm³/mol. The van der Waals surface area contributed by atoms with Crippen LogP contribution in [0.1, 0.15) is 52.0 Å². The van der Waals surface area contributed by atoms with Gasteiger partial charge in [-0.15, -0.1) is 0 Å². The molecule has 5 nitrogen and oxygen atoms in total. The molecular weight excluding hydrogens is 335 g/mol. The Labute approximate surface area is 154 Å². The zero-order chi connectivity index (χ0) is 19.2. The SMILES string of the molecule is CC(C)(C)OC(=O)N1CCCC1C(=O)NCCCCc1ccc(F)cc1. The summed E-state index contributed by atoms with van der Waals surface area (Å²) in [6, 6.07) is 6.04. The second-order valence-electron chi connectivity index (χ2n) is 7.71. The van der Waals surface area contributed by atoms with Gasteiger partial charge in [-0.05, 0) is 70.6 Å². The van der Waals surface area contributed by atoms with Crippen LogP contribution in [0.4, 0.5) is 9.18 Å². The van der Waals surface area contributed by atoms with Crippen LogP contribution in [0.15, 0.2) is 24.3 Å². The van der Waals surface area contributed by atoms with Gasteiger partial charge in [0.25, 0.3) is 0 Å². The molecule has 1 aliphatic heterocycles. The molecular formula is C20H29FN2O3. The highest BCUT2D eigenvalue weighted by molar-refractivity contribution is 5.86. The standard InChI is InChI=1S/C20H29FN2O3/c1-20(2,3)26-19(25)23-14-6-8-17(23)18(24)22-13-5-4-7-15-9-11-16(21)12-10-15/h9-12,17H,4-8,13-14H2,1-3H3,(H,22,24). The molecule has 0 saturated carbocycles. The molecule has 0 bridgehead atoms. The van der Waals surface area contributed by atoms with Crippen molar-refractivity contribution in [1.82, 2.24) is 10.2 Å². The van der Waals surface area contributed by atoms with Gasteiger partial charge in [0.2, 0.25) is 5.91 Å². The molecule has 0 aromatic heterocycles. The van der Waals surface area contributed by atoms with Gasteiger partial charge in [-0.1, -0.05) is 12.1 Å². The van der Waals surface area contributed by atoms with Gasteiger partial charge in [0.05, 0.1) is 0 Å². The molecule has 1 heterocycles. The van der Waals surface area contributed by atoms with Gasteiger partial charge in [0.15, 0.2) is 0 Å². The number of aryl methyl sites for hydroxylation is 1. The van der Waals surface area contributed by atoms with Crippen LogP contribution in [0.3, 0.4) is 0 Å². The van der Waals surface area contributed by atoms with Crippen molar-refractivity contribution < 1.29 is 18.7 Å². The van der Waals surface area contributed by atoms with Crippen molar-refractivity contribution in [2.75, 3.05) is 13.1 Å². The first-order valence-corrected chi connectivity index (χ1v) is 9.28. The van der Waals surface area contributed by atoms with Crippen molar-refractivity contribution >= 4 is 12.0 Å². The first-order chi connectivity index (χ1) is 12.3. The summed E-state index contributed by atoms with van der Waals surface area (Å²) in [4.78, 5) is 26.2. The third-order valence-electron chi connectivity index (χ3n) is 4.29. The predicted octanol–water partition coefficient (Wildman–Crippen LogP) is 3.66. The Balaban J connectivity index is 1.71. The number of hydrogen-bond acceptors (Lipinski definition) is 3. The number of amides is 2. The topological polar surface area (TPSA) is 58.6 Å². The first-order valence-electron chi connectivity index (χ1n) is 9.28. The van der Waals surface area contributed by atoms with E-state index in [0.29, 0.717) is 19.5 Å². The summed E-state index contributed by atoms with van der Waals surface area (Å²) >= 11 is 0. The van der Waals surface area contributed by atoms with Gasteiger partial charge < -0.3 is 10.1 Å². The number of nitrogens with zero attached hydrogens (tertiary/aromatic N) is 1. The van der Waals surface area contributed by atoms with Crippen LogP contribution in [-0.2, 0) is 16.0 Å². The van der Waals surface area contributed by atoms with Gasteiger partial charge in [-0.25, -0.2) is 9.18 Å². The van der Waals surface area contributed by atoms with Crippen molar-refractivity contribution in [1.29, 1.82) is 0 Å². The first kappa shape index (κ1) is 20.2. The minimum absolute atomic E-state index is 0.116. The Bertz CT molecular complexity index is 610. The molecule has 1 unspecified atom stereocenters. The van der Waals surface area contributed by atoms with E-state index in [2.05, 4.69) is 5.32 Å². The van der Waals surface area contributed by atoms with Gasteiger partial charge in [-0.2, -0.15) is 0 Å². The molecule has 2 rings (SSSR count). The summed E-state index contributed by atoms with van der Waals surface area (Å²) in [5.74, 6) is -0.345. The van der Waals surface area contributed by atoms with Gasteiger partial charge >= 0.3 is 6.09 Å². The Morgan fingerprint density at radius 3 is 2.58 bits per heavy atom. The number of likely N-dealkylation sites (tertiary alicyclic amines) is 1. The molecule has 0 aliphatic carbocycles. The molecule has 1 aromatic carbocycles. The fraction of sp³-hybridized carbons (Fsp3) is 0.600. The zero-order valence-electron chi connectivity index (χ0n) is 15.9. The van der Waals surface area contributed by atoms with Crippen molar-refractivity contribution in [2.24, 2.45) is 0 Å². The highest BCUT2D eigenvalue weighted by atomic mass is 19.1. The van der Waals surface area contributed by atoms with Crippen molar-refractivity contribution in [2.45, 2.75) is 64.5 Å². The second kappa shape index (κ2) is 9.01. The van der Waals surface area contributed by atoms with E-state index in [1.807, 2.05) is 20.8 Å². The lowest BCUT2D eigenvalue weighted by molar-refractivity contribution is -0.125. The van der Waals surface area contributed by atoms with Gasteiger partial charge in [-0.3, -0.25) is 9.69 Å². The van der Waals surface area contributed by atoms with E-state index < -0.39 is 17.7 Å². The Morgan fingerprint density at radius 1 is 1.23 bits per heavy atom. The van der Waals surface area contributed by atoms with Crippen LogP contribution in [0.2, 0.25) is 0 Å². The average Bonchev–Trinajstić information content (AvgIpc) is 3.04. The Hall–Kier alpha value is -2.11. The lowest BCUT2D eigenvalue weighted by Crippen LogP contribution is -2.47. The van der Waals surface area contributed by atoms with E-state index in [0.717, 1.165) is 31.2 Å². The van der Waals surface area contributed by atoms with Crippen LogP contribution >= 0.6 is 0 Å². The average molecular weight is 364 g/mol. The monoisotopic (exact) mass is 364 g/mol. The van der Waals surface area contributed by atoms with Gasteiger partial charge in [0.1, 0.15) is 17.5 Å². The fourth-order valence-electron chi connectivity index (χ4n) is 3.01. The summed E-state index contributed by atoms with van der Waals surface area (Å²) in [6.07, 6.45) is 3.65. The molecule has 1 fully saturated rings. The maximum Gasteiger partial charge on any atom is 0.410 e. The third kappa shape index (κ3) is 6.32.